The maximum absolute atomic E-state index is 12.7. The number of nitrogens with zero attached hydrogens (tertiary/aromatic N) is 1. The Bertz CT molecular complexity index is 818. The SMILES string of the molecule is COC(=O)C1=C(Nc2cc(OC)c(OC)cc2C(=O)OC)C(=O)N(CCO)C1. The summed E-state index contributed by atoms with van der Waals surface area (Å²) in [6.45, 7) is -0.257. The summed E-state index contributed by atoms with van der Waals surface area (Å²) in [6.07, 6.45) is 0. The van der Waals surface area contributed by atoms with Gasteiger partial charge in [-0.15, -0.1) is 0 Å². The second-order valence-electron chi connectivity index (χ2n) is 5.66. The standard InChI is InChI=1S/C18H22N2O8/c1-25-13-7-10(17(23)27-3)12(8-14(13)26-2)19-15-11(18(24)28-4)9-20(5-6-21)16(15)22/h7-8,19,21H,5-6,9H2,1-4H3. The molecule has 0 radical (unpaired) electrons. The van der Waals surface area contributed by atoms with E-state index in [-0.39, 0.29) is 48.0 Å². The van der Waals surface area contributed by atoms with Crippen LogP contribution in [0.1, 0.15) is 10.4 Å². The van der Waals surface area contributed by atoms with Crippen molar-refractivity contribution in [1.82, 2.24) is 4.90 Å². The molecule has 1 aromatic carbocycles. The Labute approximate surface area is 161 Å². The average Bonchev–Trinajstić information content (AvgIpc) is 3.02. The lowest BCUT2D eigenvalue weighted by atomic mass is 10.1. The number of benzene rings is 1. The van der Waals surface area contributed by atoms with Crippen molar-refractivity contribution < 1.29 is 38.4 Å². The zero-order valence-electron chi connectivity index (χ0n) is 16.0. The van der Waals surface area contributed by atoms with Gasteiger partial charge in [-0.3, -0.25) is 4.79 Å². The summed E-state index contributed by atoms with van der Waals surface area (Å²) >= 11 is 0. The maximum atomic E-state index is 12.7. The van der Waals surface area contributed by atoms with Crippen LogP contribution in [-0.2, 0) is 19.1 Å². The molecule has 10 nitrogen and oxygen atoms in total. The number of carbonyl (C=O) groups is 3. The smallest absolute Gasteiger partial charge is 0.340 e. The zero-order valence-corrected chi connectivity index (χ0v) is 16.0. The van der Waals surface area contributed by atoms with E-state index in [4.69, 9.17) is 24.1 Å². The van der Waals surface area contributed by atoms with Gasteiger partial charge in [0.25, 0.3) is 5.91 Å². The third-order valence-corrected chi connectivity index (χ3v) is 4.14. The molecular formula is C18H22N2O8. The van der Waals surface area contributed by atoms with Gasteiger partial charge in [0.15, 0.2) is 11.5 Å². The Kier molecular flexibility index (Phi) is 6.83. The van der Waals surface area contributed by atoms with Crippen molar-refractivity contribution in [3.8, 4) is 11.5 Å². The monoisotopic (exact) mass is 394 g/mol. The van der Waals surface area contributed by atoms with Crippen molar-refractivity contribution in [2.24, 2.45) is 0 Å². The molecule has 0 atom stereocenters. The van der Waals surface area contributed by atoms with Crippen molar-refractivity contribution in [3.05, 3.63) is 29.0 Å². The van der Waals surface area contributed by atoms with E-state index >= 15 is 0 Å². The number of esters is 2. The lowest BCUT2D eigenvalue weighted by Crippen LogP contribution is -2.31. The predicted molar refractivity (Wildman–Crippen MR) is 97.2 cm³/mol. The van der Waals surface area contributed by atoms with E-state index < -0.39 is 17.8 Å². The second-order valence-corrected chi connectivity index (χ2v) is 5.66. The van der Waals surface area contributed by atoms with Gasteiger partial charge in [-0.25, -0.2) is 9.59 Å². The summed E-state index contributed by atoms with van der Waals surface area (Å²) < 4.78 is 20.0. The number of methoxy groups -OCH3 is 4. The van der Waals surface area contributed by atoms with Crippen LogP contribution < -0.4 is 14.8 Å². The van der Waals surface area contributed by atoms with E-state index in [1.165, 1.54) is 45.5 Å². The van der Waals surface area contributed by atoms with Gasteiger partial charge in [0.1, 0.15) is 5.70 Å². The number of ether oxygens (including phenoxy) is 4. The fourth-order valence-corrected chi connectivity index (χ4v) is 2.74. The molecular weight excluding hydrogens is 372 g/mol. The minimum absolute atomic E-state index is 0.0325. The molecule has 0 aliphatic carbocycles. The third kappa shape index (κ3) is 4.01. The molecule has 0 bridgehead atoms. The van der Waals surface area contributed by atoms with Crippen LogP contribution in [0.2, 0.25) is 0 Å². The Hall–Kier alpha value is -3.27. The number of aliphatic hydroxyl groups excluding tert-OH is 1. The molecule has 1 aliphatic heterocycles. The summed E-state index contributed by atoms with van der Waals surface area (Å²) in [7, 11) is 5.24. The summed E-state index contributed by atoms with van der Waals surface area (Å²) in [6, 6.07) is 2.85. The highest BCUT2D eigenvalue weighted by Crippen LogP contribution is 2.35. The van der Waals surface area contributed by atoms with Gasteiger partial charge in [0.2, 0.25) is 0 Å². The topological polar surface area (TPSA) is 124 Å². The zero-order chi connectivity index (χ0) is 20.8. The summed E-state index contributed by atoms with van der Waals surface area (Å²) in [5.41, 5.74) is 0.273. The van der Waals surface area contributed by atoms with Crippen LogP contribution in [-0.4, -0.2) is 76.0 Å². The molecule has 1 amide bonds. The first-order valence-electron chi connectivity index (χ1n) is 8.24. The maximum Gasteiger partial charge on any atom is 0.340 e. The fourth-order valence-electron chi connectivity index (χ4n) is 2.74. The van der Waals surface area contributed by atoms with Crippen LogP contribution in [0.25, 0.3) is 0 Å². The third-order valence-electron chi connectivity index (χ3n) is 4.14. The van der Waals surface area contributed by atoms with E-state index in [2.05, 4.69) is 5.32 Å². The first-order valence-corrected chi connectivity index (χ1v) is 8.24. The number of anilines is 1. The molecule has 1 aromatic rings. The van der Waals surface area contributed by atoms with Gasteiger partial charge >= 0.3 is 11.9 Å². The summed E-state index contributed by atoms with van der Waals surface area (Å²) in [5, 5.41) is 12.0. The lowest BCUT2D eigenvalue weighted by molar-refractivity contribution is -0.136. The molecule has 0 fully saturated rings. The van der Waals surface area contributed by atoms with Crippen molar-refractivity contribution in [3.63, 3.8) is 0 Å². The van der Waals surface area contributed by atoms with Crippen molar-refractivity contribution in [2.75, 3.05) is 53.5 Å². The molecule has 0 saturated carbocycles. The number of amides is 1. The van der Waals surface area contributed by atoms with Crippen LogP contribution in [0.15, 0.2) is 23.4 Å². The van der Waals surface area contributed by atoms with Gasteiger partial charge in [-0.1, -0.05) is 0 Å². The number of β-amino-alcohol motifs (C(OH)–C–C–N with tert-alkyl or cyclic N) is 1. The van der Waals surface area contributed by atoms with Crippen LogP contribution >= 0.6 is 0 Å². The van der Waals surface area contributed by atoms with Gasteiger partial charge < -0.3 is 34.3 Å². The van der Waals surface area contributed by atoms with Crippen molar-refractivity contribution >= 4 is 23.5 Å². The fraction of sp³-hybridized carbons (Fsp3) is 0.389. The highest BCUT2D eigenvalue weighted by atomic mass is 16.5. The summed E-state index contributed by atoms with van der Waals surface area (Å²) in [5.74, 6) is -1.30. The molecule has 2 N–H and O–H groups in total. The van der Waals surface area contributed by atoms with E-state index in [1.807, 2.05) is 0 Å². The Balaban J connectivity index is 2.55. The number of rotatable bonds is 8. The van der Waals surface area contributed by atoms with Gasteiger partial charge in [0.05, 0.1) is 58.4 Å². The van der Waals surface area contributed by atoms with Crippen LogP contribution in [0, 0.1) is 0 Å². The molecule has 10 heteroatoms. The minimum Gasteiger partial charge on any atom is -0.493 e. The van der Waals surface area contributed by atoms with Gasteiger partial charge in [-0.05, 0) is 0 Å². The Morgan fingerprint density at radius 2 is 1.68 bits per heavy atom. The summed E-state index contributed by atoms with van der Waals surface area (Å²) in [4.78, 5) is 38.3. The number of hydrogen-bond acceptors (Lipinski definition) is 9. The number of nitrogens with one attached hydrogen (secondary N) is 1. The molecule has 0 saturated heterocycles. The Morgan fingerprint density at radius 1 is 1.07 bits per heavy atom. The second kappa shape index (κ2) is 9.09. The molecule has 1 heterocycles. The number of aliphatic hydroxyl groups is 1. The molecule has 1 aliphatic rings. The van der Waals surface area contributed by atoms with Crippen LogP contribution in [0.3, 0.4) is 0 Å². The highest BCUT2D eigenvalue weighted by Gasteiger charge is 2.35. The van der Waals surface area contributed by atoms with Crippen LogP contribution in [0.5, 0.6) is 11.5 Å². The largest absolute Gasteiger partial charge is 0.493 e. The molecule has 2 rings (SSSR count). The molecule has 0 unspecified atom stereocenters. The van der Waals surface area contributed by atoms with Gasteiger partial charge in [-0.2, -0.15) is 0 Å². The van der Waals surface area contributed by atoms with Crippen LogP contribution in [0.4, 0.5) is 5.69 Å². The van der Waals surface area contributed by atoms with Gasteiger partial charge in [0, 0.05) is 18.7 Å². The Morgan fingerprint density at radius 3 is 2.21 bits per heavy atom. The molecule has 152 valence electrons. The molecule has 0 aromatic heterocycles. The van der Waals surface area contributed by atoms with Crippen molar-refractivity contribution in [1.29, 1.82) is 0 Å². The van der Waals surface area contributed by atoms with E-state index in [0.717, 1.165) is 0 Å². The quantitative estimate of drug-likeness (QED) is 0.594. The van der Waals surface area contributed by atoms with E-state index in [1.54, 1.807) is 0 Å². The number of hydrogen-bond donors (Lipinski definition) is 2. The van der Waals surface area contributed by atoms with E-state index in [9.17, 15) is 14.4 Å². The molecule has 0 spiro atoms. The number of carbonyl (C=O) groups excluding carboxylic acids is 3. The first kappa shape index (κ1) is 21.0. The van der Waals surface area contributed by atoms with E-state index in [0.29, 0.717) is 5.75 Å². The lowest BCUT2D eigenvalue weighted by Gasteiger charge is -2.17. The minimum atomic E-state index is -0.698. The highest BCUT2D eigenvalue weighted by molar-refractivity contribution is 6.09. The predicted octanol–water partition coefficient (Wildman–Crippen LogP) is 0.164. The molecule has 28 heavy (non-hydrogen) atoms. The normalized spacial score (nSPS) is 13.5. The van der Waals surface area contributed by atoms with Crippen molar-refractivity contribution in [2.45, 2.75) is 0 Å². The average molecular weight is 394 g/mol. The first-order chi connectivity index (χ1) is 13.4.